The molecular weight excluding hydrogens is 352 g/mol. The van der Waals surface area contributed by atoms with Gasteiger partial charge in [-0.15, -0.1) is 10.2 Å². The standard InChI is InChI=1S/C19H17ClN4O2/c1-12-4-3-5-13(10-12)22-19(25)16-7-9-18(24-23-16)21-14-6-8-17(26-2)15(20)11-14/h3-11H,1-2H3,(H,21,24)(H,22,25). The van der Waals surface area contributed by atoms with Gasteiger partial charge in [0.25, 0.3) is 5.91 Å². The molecule has 0 unspecified atom stereocenters. The molecule has 2 N–H and O–H groups in total. The summed E-state index contributed by atoms with van der Waals surface area (Å²) >= 11 is 6.10. The van der Waals surface area contributed by atoms with E-state index in [0.29, 0.717) is 22.3 Å². The van der Waals surface area contributed by atoms with E-state index in [1.54, 1.807) is 31.4 Å². The Kier molecular flexibility index (Phi) is 5.34. The lowest BCUT2D eigenvalue weighted by molar-refractivity contribution is 0.102. The second-order valence-electron chi connectivity index (χ2n) is 5.60. The smallest absolute Gasteiger partial charge is 0.276 e. The zero-order valence-corrected chi connectivity index (χ0v) is 15.0. The van der Waals surface area contributed by atoms with E-state index in [1.165, 1.54) is 0 Å². The summed E-state index contributed by atoms with van der Waals surface area (Å²) in [6.45, 7) is 1.96. The average Bonchev–Trinajstić information content (AvgIpc) is 2.62. The Morgan fingerprint density at radius 3 is 2.54 bits per heavy atom. The van der Waals surface area contributed by atoms with Crippen molar-refractivity contribution >= 4 is 34.7 Å². The predicted octanol–water partition coefficient (Wildman–Crippen LogP) is 4.44. The van der Waals surface area contributed by atoms with Crippen molar-refractivity contribution in [3.8, 4) is 5.75 Å². The van der Waals surface area contributed by atoms with Gasteiger partial charge in [-0.2, -0.15) is 0 Å². The van der Waals surface area contributed by atoms with Crippen LogP contribution in [0.15, 0.2) is 54.6 Å². The molecule has 0 saturated heterocycles. The van der Waals surface area contributed by atoms with Gasteiger partial charge in [0.05, 0.1) is 12.1 Å². The highest BCUT2D eigenvalue weighted by Gasteiger charge is 2.09. The molecule has 0 aliphatic carbocycles. The van der Waals surface area contributed by atoms with Gasteiger partial charge in [-0.3, -0.25) is 4.79 Å². The number of ether oxygens (including phenoxy) is 1. The fourth-order valence-electron chi connectivity index (χ4n) is 2.33. The SMILES string of the molecule is COc1ccc(Nc2ccc(C(=O)Nc3cccc(C)c3)nn2)cc1Cl. The number of nitrogens with zero attached hydrogens (tertiary/aromatic N) is 2. The van der Waals surface area contributed by atoms with Crippen molar-refractivity contribution in [2.24, 2.45) is 0 Å². The largest absolute Gasteiger partial charge is 0.495 e. The van der Waals surface area contributed by atoms with E-state index >= 15 is 0 Å². The van der Waals surface area contributed by atoms with Crippen LogP contribution in [0.4, 0.5) is 17.2 Å². The number of nitrogens with one attached hydrogen (secondary N) is 2. The van der Waals surface area contributed by atoms with E-state index in [2.05, 4.69) is 20.8 Å². The van der Waals surface area contributed by atoms with Gasteiger partial charge in [0.15, 0.2) is 11.5 Å². The van der Waals surface area contributed by atoms with Crippen molar-refractivity contribution < 1.29 is 9.53 Å². The first-order valence-electron chi connectivity index (χ1n) is 7.87. The minimum absolute atomic E-state index is 0.227. The quantitative estimate of drug-likeness (QED) is 0.696. The van der Waals surface area contributed by atoms with E-state index in [-0.39, 0.29) is 11.6 Å². The third kappa shape index (κ3) is 4.29. The van der Waals surface area contributed by atoms with Gasteiger partial charge < -0.3 is 15.4 Å². The Balaban J connectivity index is 1.68. The van der Waals surface area contributed by atoms with Gasteiger partial charge in [0.2, 0.25) is 0 Å². The maximum absolute atomic E-state index is 12.2. The molecule has 0 fully saturated rings. The monoisotopic (exact) mass is 368 g/mol. The lowest BCUT2D eigenvalue weighted by Crippen LogP contribution is -2.14. The number of aryl methyl sites for hydroxylation is 1. The molecule has 0 radical (unpaired) electrons. The first-order valence-corrected chi connectivity index (χ1v) is 8.25. The number of aromatic nitrogens is 2. The number of halogens is 1. The van der Waals surface area contributed by atoms with Gasteiger partial charge in [-0.1, -0.05) is 23.7 Å². The number of anilines is 3. The Bertz CT molecular complexity index is 929. The predicted molar refractivity (Wildman–Crippen MR) is 102 cm³/mol. The lowest BCUT2D eigenvalue weighted by atomic mass is 10.2. The number of methoxy groups -OCH3 is 1. The molecule has 0 aliphatic rings. The van der Waals surface area contributed by atoms with Gasteiger partial charge >= 0.3 is 0 Å². The van der Waals surface area contributed by atoms with Gasteiger partial charge in [0, 0.05) is 11.4 Å². The number of hydrogen-bond acceptors (Lipinski definition) is 5. The van der Waals surface area contributed by atoms with Crippen LogP contribution in [0.2, 0.25) is 5.02 Å². The van der Waals surface area contributed by atoms with Crippen molar-refractivity contribution in [2.75, 3.05) is 17.7 Å². The van der Waals surface area contributed by atoms with Crippen molar-refractivity contribution in [3.05, 3.63) is 70.9 Å². The molecule has 2 aromatic carbocycles. The molecule has 0 aliphatic heterocycles. The van der Waals surface area contributed by atoms with Gasteiger partial charge in [-0.05, 0) is 55.0 Å². The third-order valence-electron chi connectivity index (χ3n) is 3.60. The van der Waals surface area contributed by atoms with E-state index in [9.17, 15) is 4.79 Å². The van der Waals surface area contributed by atoms with Crippen LogP contribution < -0.4 is 15.4 Å². The third-order valence-corrected chi connectivity index (χ3v) is 3.89. The van der Waals surface area contributed by atoms with Crippen LogP contribution in [-0.4, -0.2) is 23.2 Å². The summed E-state index contributed by atoms with van der Waals surface area (Å²) in [4.78, 5) is 12.2. The first-order chi connectivity index (χ1) is 12.5. The Labute approximate surface area is 156 Å². The number of carbonyl (C=O) groups is 1. The van der Waals surface area contributed by atoms with Crippen LogP contribution in [0.3, 0.4) is 0 Å². The Morgan fingerprint density at radius 2 is 1.88 bits per heavy atom. The minimum atomic E-state index is -0.317. The van der Waals surface area contributed by atoms with Crippen LogP contribution in [0, 0.1) is 6.92 Å². The van der Waals surface area contributed by atoms with E-state index < -0.39 is 0 Å². The fraction of sp³-hybridized carbons (Fsp3) is 0.105. The molecule has 3 aromatic rings. The summed E-state index contributed by atoms with van der Waals surface area (Å²) in [6, 6.07) is 16.1. The number of hydrogen-bond donors (Lipinski definition) is 2. The summed E-state index contributed by atoms with van der Waals surface area (Å²) in [5.74, 6) is 0.770. The Hall–Kier alpha value is -3.12. The maximum Gasteiger partial charge on any atom is 0.276 e. The summed E-state index contributed by atoms with van der Waals surface area (Å²) < 4.78 is 5.12. The maximum atomic E-state index is 12.2. The number of rotatable bonds is 5. The summed E-state index contributed by atoms with van der Waals surface area (Å²) in [5, 5.41) is 14.4. The van der Waals surface area contributed by atoms with Crippen molar-refractivity contribution in [2.45, 2.75) is 6.92 Å². The van der Waals surface area contributed by atoms with Gasteiger partial charge in [0.1, 0.15) is 5.75 Å². The van der Waals surface area contributed by atoms with Crippen molar-refractivity contribution in [1.82, 2.24) is 10.2 Å². The molecule has 1 aromatic heterocycles. The number of carbonyl (C=O) groups excluding carboxylic acids is 1. The molecule has 7 heteroatoms. The zero-order chi connectivity index (χ0) is 18.5. The molecule has 0 atom stereocenters. The lowest BCUT2D eigenvalue weighted by Gasteiger charge is -2.09. The molecule has 132 valence electrons. The van der Waals surface area contributed by atoms with Crippen LogP contribution >= 0.6 is 11.6 Å². The fourth-order valence-corrected chi connectivity index (χ4v) is 2.59. The highest BCUT2D eigenvalue weighted by molar-refractivity contribution is 6.32. The molecule has 0 saturated carbocycles. The molecule has 1 amide bonds. The molecule has 0 spiro atoms. The van der Waals surface area contributed by atoms with E-state index in [1.807, 2.05) is 37.3 Å². The summed E-state index contributed by atoms with van der Waals surface area (Å²) in [5.41, 5.74) is 2.74. The van der Waals surface area contributed by atoms with E-state index in [4.69, 9.17) is 16.3 Å². The van der Waals surface area contributed by atoms with Crippen LogP contribution in [-0.2, 0) is 0 Å². The van der Waals surface area contributed by atoms with Crippen LogP contribution in [0.25, 0.3) is 0 Å². The average molecular weight is 369 g/mol. The molecular formula is C19H17ClN4O2. The highest BCUT2D eigenvalue weighted by Crippen LogP contribution is 2.28. The summed E-state index contributed by atoms with van der Waals surface area (Å²) in [6.07, 6.45) is 0. The van der Waals surface area contributed by atoms with E-state index in [0.717, 1.165) is 11.3 Å². The molecule has 6 nitrogen and oxygen atoms in total. The van der Waals surface area contributed by atoms with Gasteiger partial charge in [-0.25, -0.2) is 0 Å². The number of amides is 1. The second-order valence-corrected chi connectivity index (χ2v) is 6.01. The van der Waals surface area contributed by atoms with Crippen molar-refractivity contribution in [3.63, 3.8) is 0 Å². The first kappa shape index (κ1) is 17.7. The molecule has 1 heterocycles. The number of benzene rings is 2. The zero-order valence-electron chi connectivity index (χ0n) is 14.3. The Morgan fingerprint density at radius 1 is 1.04 bits per heavy atom. The van der Waals surface area contributed by atoms with Crippen LogP contribution in [0.1, 0.15) is 16.1 Å². The minimum Gasteiger partial charge on any atom is -0.495 e. The van der Waals surface area contributed by atoms with Crippen molar-refractivity contribution in [1.29, 1.82) is 0 Å². The normalized spacial score (nSPS) is 10.3. The molecule has 3 rings (SSSR count). The second kappa shape index (κ2) is 7.84. The highest BCUT2D eigenvalue weighted by atomic mass is 35.5. The molecule has 0 bridgehead atoms. The topological polar surface area (TPSA) is 76.1 Å². The summed E-state index contributed by atoms with van der Waals surface area (Å²) in [7, 11) is 1.56. The molecule has 26 heavy (non-hydrogen) atoms. The van der Waals surface area contributed by atoms with Crippen LogP contribution in [0.5, 0.6) is 5.75 Å².